The summed E-state index contributed by atoms with van der Waals surface area (Å²) in [7, 11) is 1.32. The molecule has 47 heavy (non-hydrogen) atoms. The normalized spacial score (nSPS) is 28.5. The van der Waals surface area contributed by atoms with E-state index in [4.69, 9.17) is 19.9 Å². The maximum absolute atomic E-state index is 13.6. The van der Waals surface area contributed by atoms with Gasteiger partial charge in [-0.1, -0.05) is 37.1 Å². The Bertz CT molecular complexity index is 1550. The quantitative estimate of drug-likeness (QED) is 0.174. The molecular formula is C35H43NO11. The van der Waals surface area contributed by atoms with E-state index in [0.29, 0.717) is 0 Å². The SMILES string of the molecule is C1=CCCCCCC1.COc1cccc2c1C(=O)c1c(O)c3c(c(O)c1C2=O)C[C@@](O)(C(=O)CO)C[C@@H]3O[C@H]1C[C@H](N)[C@H](O)[C@H](C)O1. The molecule has 1 fully saturated rings. The summed E-state index contributed by atoms with van der Waals surface area (Å²) >= 11 is 0. The smallest absolute Gasteiger partial charge is 0.202 e. The highest BCUT2D eigenvalue weighted by Gasteiger charge is 2.50. The number of ketones is 3. The van der Waals surface area contributed by atoms with Gasteiger partial charge in [0.05, 0.1) is 42.1 Å². The average molecular weight is 654 g/mol. The Labute approximate surface area is 272 Å². The number of aliphatic hydroxyl groups is 3. The summed E-state index contributed by atoms with van der Waals surface area (Å²) < 4.78 is 17.0. The molecule has 0 unspecified atom stereocenters. The number of Topliss-reactive ketones (excluding diaryl/α,β-unsaturated/α-hetero) is 1. The van der Waals surface area contributed by atoms with E-state index in [9.17, 15) is 39.9 Å². The number of fused-ring (bicyclic) bond motifs is 3. The third-order valence-electron chi connectivity index (χ3n) is 9.46. The van der Waals surface area contributed by atoms with Gasteiger partial charge in [-0.15, -0.1) is 0 Å². The lowest BCUT2D eigenvalue weighted by atomic mass is 9.72. The van der Waals surface area contributed by atoms with Crippen LogP contribution >= 0.6 is 0 Å². The zero-order valence-corrected chi connectivity index (χ0v) is 26.6. The molecule has 3 aliphatic carbocycles. The highest BCUT2D eigenvalue weighted by Crippen LogP contribution is 2.52. The number of aliphatic hydroxyl groups excluding tert-OH is 2. The molecule has 254 valence electrons. The fourth-order valence-electron chi connectivity index (χ4n) is 6.86. The van der Waals surface area contributed by atoms with Crippen molar-refractivity contribution >= 4 is 17.3 Å². The van der Waals surface area contributed by atoms with Crippen LogP contribution < -0.4 is 10.5 Å². The highest BCUT2D eigenvalue weighted by atomic mass is 16.7. The standard InChI is InChI=1S/C27H29NO11.C8H14/c1-10-22(31)13(28)6-17(38-10)39-15-8-27(36,16(30)9-29)7-12-19(15)26(35)21-20(24(12)33)23(32)11-4-3-5-14(37-2)18(11)25(21)34;1-2-4-6-8-7-5-3-1/h3-5,10,13,15,17,22,29,31,33,35-36H,6-9,28H2,1-2H3;1-2H,3-8H2/t10-,13-,15-,17-,22+,27-;/m0./s1. The largest absolute Gasteiger partial charge is 0.507 e. The van der Waals surface area contributed by atoms with Crippen LogP contribution in [0.2, 0.25) is 0 Å². The van der Waals surface area contributed by atoms with E-state index in [2.05, 4.69) is 12.2 Å². The van der Waals surface area contributed by atoms with Gasteiger partial charge in [0.1, 0.15) is 29.5 Å². The van der Waals surface area contributed by atoms with Crippen molar-refractivity contribution in [3.05, 3.63) is 63.7 Å². The zero-order chi connectivity index (χ0) is 34.0. The highest BCUT2D eigenvalue weighted by molar-refractivity contribution is 6.31. The summed E-state index contributed by atoms with van der Waals surface area (Å²) in [6.07, 6.45) is 7.88. The molecule has 1 heterocycles. The van der Waals surface area contributed by atoms with Gasteiger partial charge in [-0.05, 0) is 38.7 Å². The first-order valence-electron chi connectivity index (χ1n) is 16.1. The molecule has 0 saturated carbocycles. The maximum Gasteiger partial charge on any atom is 0.202 e. The molecule has 2 aromatic carbocycles. The van der Waals surface area contributed by atoms with Gasteiger partial charge in [0.15, 0.2) is 17.9 Å². The first kappa shape index (κ1) is 34.7. The van der Waals surface area contributed by atoms with Crippen molar-refractivity contribution in [2.24, 2.45) is 5.73 Å². The molecule has 2 aromatic rings. The van der Waals surface area contributed by atoms with Crippen LogP contribution in [0.1, 0.15) is 107 Å². The second kappa shape index (κ2) is 14.2. The molecule has 4 aliphatic rings. The van der Waals surface area contributed by atoms with Gasteiger partial charge >= 0.3 is 0 Å². The first-order chi connectivity index (χ1) is 22.4. The Kier molecular flexibility index (Phi) is 10.5. The average Bonchev–Trinajstić information content (AvgIpc) is 3.03. The molecular weight excluding hydrogens is 610 g/mol. The zero-order valence-electron chi connectivity index (χ0n) is 26.6. The summed E-state index contributed by atoms with van der Waals surface area (Å²) in [4.78, 5) is 39.7. The molecule has 12 heteroatoms. The van der Waals surface area contributed by atoms with E-state index in [1.807, 2.05) is 0 Å². The molecule has 7 N–H and O–H groups in total. The van der Waals surface area contributed by atoms with Crippen molar-refractivity contribution in [1.82, 2.24) is 0 Å². The molecule has 1 saturated heterocycles. The molecule has 6 atom stereocenters. The fraction of sp³-hybridized carbons (Fsp3) is 0.514. The molecule has 0 spiro atoms. The minimum atomic E-state index is -2.24. The second-order valence-electron chi connectivity index (χ2n) is 12.6. The Balaban J connectivity index is 0.000000474. The van der Waals surface area contributed by atoms with Gasteiger partial charge in [0.2, 0.25) is 5.78 Å². The third kappa shape index (κ3) is 6.58. The van der Waals surface area contributed by atoms with Crippen LogP contribution in [0.5, 0.6) is 17.2 Å². The van der Waals surface area contributed by atoms with Crippen molar-refractivity contribution in [2.75, 3.05) is 13.7 Å². The number of ether oxygens (including phenoxy) is 3. The number of methoxy groups -OCH3 is 1. The third-order valence-corrected chi connectivity index (χ3v) is 9.46. The number of hydrogen-bond acceptors (Lipinski definition) is 12. The molecule has 0 bridgehead atoms. The molecule has 0 amide bonds. The van der Waals surface area contributed by atoms with Gasteiger partial charge in [0, 0.05) is 42.0 Å². The first-order valence-corrected chi connectivity index (χ1v) is 16.1. The van der Waals surface area contributed by atoms with Crippen LogP contribution in [0.25, 0.3) is 0 Å². The number of benzene rings is 2. The molecule has 0 radical (unpaired) electrons. The number of carbonyl (C=O) groups excluding carboxylic acids is 3. The van der Waals surface area contributed by atoms with Crippen LogP contribution in [-0.4, -0.2) is 86.7 Å². The number of carbonyl (C=O) groups is 3. The van der Waals surface area contributed by atoms with Crippen LogP contribution in [0.15, 0.2) is 30.4 Å². The van der Waals surface area contributed by atoms with Crippen molar-refractivity contribution in [3.8, 4) is 17.2 Å². The van der Waals surface area contributed by atoms with Gasteiger partial charge in [0.25, 0.3) is 0 Å². The van der Waals surface area contributed by atoms with Crippen molar-refractivity contribution in [3.63, 3.8) is 0 Å². The number of phenolic OH excluding ortho intramolecular Hbond substituents is 2. The second-order valence-corrected chi connectivity index (χ2v) is 12.6. The minimum Gasteiger partial charge on any atom is -0.507 e. The maximum atomic E-state index is 13.6. The molecule has 0 aromatic heterocycles. The van der Waals surface area contributed by atoms with E-state index < -0.39 is 95.7 Å². The fourth-order valence-corrected chi connectivity index (χ4v) is 6.86. The van der Waals surface area contributed by atoms with Crippen LogP contribution in [0.4, 0.5) is 0 Å². The Morgan fingerprint density at radius 2 is 1.68 bits per heavy atom. The molecule has 1 aliphatic heterocycles. The van der Waals surface area contributed by atoms with Gasteiger partial charge in [-0.3, -0.25) is 14.4 Å². The predicted octanol–water partition coefficient (Wildman–Crippen LogP) is 2.90. The van der Waals surface area contributed by atoms with E-state index in [1.165, 1.54) is 63.8 Å². The summed E-state index contributed by atoms with van der Waals surface area (Å²) in [5.74, 6) is -3.77. The Morgan fingerprint density at radius 3 is 2.30 bits per heavy atom. The van der Waals surface area contributed by atoms with Gasteiger partial charge in [-0.2, -0.15) is 0 Å². The lowest BCUT2D eigenvalue weighted by Gasteiger charge is -2.42. The summed E-state index contributed by atoms with van der Waals surface area (Å²) in [6.45, 7) is 0.560. The number of hydrogen-bond donors (Lipinski definition) is 6. The summed E-state index contributed by atoms with van der Waals surface area (Å²) in [6, 6.07) is 3.64. The number of allylic oxidation sites excluding steroid dienone is 2. The van der Waals surface area contributed by atoms with Crippen molar-refractivity contribution in [1.29, 1.82) is 0 Å². The predicted molar refractivity (Wildman–Crippen MR) is 169 cm³/mol. The molecule has 12 nitrogen and oxygen atoms in total. The Hall–Kier alpha value is -3.65. The topological polar surface area (TPSA) is 206 Å². The molecule has 6 rings (SSSR count). The van der Waals surface area contributed by atoms with Crippen molar-refractivity contribution < 1.29 is 54.1 Å². The van der Waals surface area contributed by atoms with Crippen molar-refractivity contribution in [2.45, 2.75) is 101 Å². The summed E-state index contributed by atoms with van der Waals surface area (Å²) in [5, 5.41) is 53.7. The van der Waals surface area contributed by atoms with Crippen LogP contribution in [-0.2, 0) is 20.7 Å². The van der Waals surface area contributed by atoms with E-state index in [-0.39, 0.29) is 34.4 Å². The van der Waals surface area contributed by atoms with E-state index >= 15 is 0 Å². The monoisotopic (exact) mass is 653 g/mol. The van der Waals surface area contributed by atoms with Gasteiger partial charge in [-0.25, -0.2) is 0 Å². The lowest BCUT2D eigenvalue weighted by molar-refractivity contribution is -0.247. The summed E-state index contributed by atoms with van der Waals surface area (Å²) in [5.41, 5.74) is 2.37. The number of nitrogens with two attached hydrogens (primary N) is 1. The Morgan fingerprint density at radius 1 is 1.02 bits per heavy atom. The van der Waals surface area contributed by atoms with Crippen LogP contribution in [0.3, 0.4) is 0 Å². The lowest BCUT2D eigenvalue weighted by Crippen LogP contribution is -2.53. The van der Waals surface area contributed by atoms with E-state index in [0.717, 1.165) is 0 Å². The minimum absolute atomic E-state index is 0.0173. The van der Waals surface area contributed by atoms with Gasteiger partial charge < -0.3 is 45.5 Å². The van der Waals surface area contributed by atoms with Crippen LogP contribution in [0, 0.1) is 0 Å². The number of aromatic hydroxyl groups is 2. The number of phenols is 2. The van der Waals surface area contributed by atoms with E-state index in [1.54, 1.807) is 6.92 Å². The number of rotatable bonds is 5.